The van der Waals surface area contributed by atoms with Gasteiger partial charge in [-0.25, -0.2) is 0 Å². The average molecular weight is 466 g/mol. The molecule has 5 heteroatoms. The van der Waals surface area contributed by atoms with Crippen molar-refractivity contribution >= 4 is 23.1 Å². The molecule has 0 N–H and O–H groups in total. The van der Waals surface area contributed by atoms with Crippen molar-refractivity contribution in [2.24, 2.45) is 11.8 Å². The number of fused-ring (bicyclic) bond motifs is 4. The number of carbonyl (C=O) groups is 2. The smallest absolute Gasteiger partial charge is 0.224 e. The summed E-state index contributed by atoms with van der Waals surface area (Å²) in [6.07, 6.45) is 14.7. The van der Waals surface area contributed by atoms with Crippen molar-refractivity contribution in [2.75, 3.05) is 23.4 Å². The molecule has 0 radical (unpaired) electrons. The highest BCUT2D eigenvalue weighted by Crippen LogP contribution is 2.47. The van der Waals surface area contributed by atoms with Crippen molar-refractivity contribution in [1.29, 1.82) is 0 Å². The normalized spacial score (nSPS) is 33.3. The molecule has 5 rings (SSSR count). The minimum Gasteiger partial charge on any atom is -0.366 e. The number of para-hydroxylation sites is 2. The minimum absolute atomic E-state index is 0.118. The van der Waals surface area contributed by atoms with Crippen LogP contribution in [0.4, 0.5) is 11.4 Å². The van der Waals surface area contributed by atoms with Crippen molar-refractivity contribution in [3.05, 3.63) is 24.3 Å². The maximum absolute atomic E-state index is 13.1. The van der Waals surface area contributed by atoms with Crippen LogP contribution < -0.4 is 9.80 Å². The topological polar surface area (TPSA) is 43.9 Å². The van der Waals surface area contributed by atoms with Gasteiger partial charge in [-0.15, -0.1) is 0 Å². The van der Waals surface area contributed by atoms with Crippen LogP contribution in [0.2, 0.25) is 0 Å². The number of hydrogen-bond donors (Lipinski definition) is 0. The zero-order chi connectivity index (χ0) is 23.8. The maximum atomic E-state index is 13.1. The lowest BCUT2D eigenvalue weighted by Crippen LogP contribution is -2.61. The highest BCUT2D eigenvalue weighted by molar-refractivity contribution is 5.96. The van der Waals surface area contributed by atoms with Gasteiger partial charge in [-0.2, -0.15) is 0 Å². The molecule has 0 spiro atoms. The lowest BCUT2D eigenvalue weighted by Gasteiger charge is -2.56. The summed E-state index contributed by atoms with van der Waals surface area (Å²) in [7, 11) is 1.95. The zero-order valence-electron chi connectivity index (χ0n) is 21.4. The molecule has 5 nitrogen and oxygen atoms in total. The second-order valence-electron chi connectivity index (χ2n) is 11.8. The lowest BCUT2D eigenvalue weighted by atomic mass is 9.68. The van der Waals surface area contributed by atoms with Crippen LogP contribution >= 0.6 is 0 Å². The van der Waals surface area contributed by atoms with Gasteiger partial charge < -0.3 is 9.80 Å². The fraction of sp³-hybridized carbons (Fsp3) is 0.724. The highest BCUT2D eigenvalue weighted by atomic mass is 16.2. The summed E-state index contributed by atoms with van der Waals surface area (Å²) in [6, 6.07) is 10.3. The molecule has 0 aromatic heterocycles. The molecule has 4 aliphatic rings. The third-order valence-electron chi connectivity index (χ3n) is 9.25. The number of Topliss-reactive ketones (excluding diaryl/α,β-unsaturated/α-hetero) is 1. The van der Waals surface area contributed by atoms with Crippen molar-refractivity contribution in [3.8, 4) is 0 Å². The summed E-state index contributed by atoms with van der Waals surface area (Å²) < 4.78 is 0. The molecule has 4 unspecified atom stereocenters. The number of carbonyl (C=O) groups excluding carboxylic acids is 2. The first-order valence-corrected chi connectivity index (χ1v) is 13.8. The first-order valence-electron chi connectivity index (χ1n) is 13.8. The van der Waals surface area contributed by atoms with Gasteiger partial charge in [0.2, 0.25) is 5.91 Å². The molecule has 4 bridgehead atoms. The van der Waals surface area contributed by atoms with E-state index < -0.39 is 0 Å². The number of nitrogens with zero attached hydrogens (tertiary/aromatic N) is 3. The van der Waals surface area contributed by atoms with Crippen LogP contribution in [0.1, 0.15) is 84.5 Å². The van der Waals surface area contributed by atoms with Gasteiger partial charge >= 0.3 is 0 Å². The number of benzene rings is 1. The van der Waals surface area contributed by atoms with E-state index in [4.69, 9.17) is 0 Å². The van der Waals surface area contributed by atoms with Crippen molar-refractivity contribution in [1.82, 2.24) is 4.90 Å². The molecular weight excluding hydrogens is 422 g/mol. The summed E-state index contributed by atoms with van der Waals surface area (Å²) in [5.41, 5.74) is 1.93. The molecule has 1 amide bonds. The predicted octanol–water partition coefficient (Wildman–Crippen LogP) is 5.42. The first kappa shape index (κ1) is 23.8. The molecule has 2 aliphatic heterocycles. The fourth-order valence-electron chi connectivity index (χ4n) is 8.17. The molecule has 4 fully saturated rings. The van der Waals surface area contributed by atoms with E-state index in [1.807, 2.05) is 30.1 Å². The average Bonchev–Trinajstić information content (AvgIpc) is 2.78. The van der Waals surface area contributed by atoms with Crippen LogP contribution in [0.3, 0.4) is 0 Å². The summed E-state index contributed by atoms with van der Waals surface area (Å²) >= 11 is 0. The third kappa shape index (κ3) is 4.78. The van der Waals surface area contributed by atoms with Crippen molar-refractivity contribution in [2.45, 2.75) is 109 Å². The summed E-state index contributed by atoms with van der Waals surface area (Å²) in [4.78, 5) is 31.9. The largest absolute Gasteiger partial charge is 0.366 e. The van der Waals surface area contributed by atoms with Gasteiger partial charge in [0, 0.05) is 38.1 Å². The summed E-state index contributed by atoms with van der Waals surface area (Å²) in [6.45, 7) is 3.70. The van der Waals surface area contributed by atoms with Crippen molar-refractivity contribution < 1.29 is 9.59 Å². The number of likely N-dealkylation sites (N-methyl/N-ethyl adjacent to an activating group) is 1. The molecular formula is C29H43N3O2. The Labute approximate surface area is 205 Å². The van der Waals surface area contributed by atoms with E-state index in [2.05, 4.69) is 15.9 Å². The molecule has 4 atom stereocenters. The van der Waals surface area contributed by atoms with Gasteiger partial charge in [-0.3, -0.25) is 14.5 Å². The summed E-state index contributed by atoms with van der Waals surface area (Å²) in [5.74, 6) is 2.15. The van der Waals surface area contributed by atoms with Gasteiger partial charge in [0.15, 0.2) is 0 Å². The van der Waals surface area contributed by atoms with E-state index in [1.165, 1.54) is 57.8 Å². The molecule has 186 valence electrons. The molecule has 1 aromatic carbocycles. The quantitative estimate of drug-likeness (QED) is 0.563. The Kier molecular flexibility index (Phi) is 7.02. The van der Waals surface area contributed by atoms with Crippen LogP contribution in [0, 0.1) is 11.8 Å². The van der Waals surface area contributed by atoms with Gasteiger partial charge in [0.05, 0.1) is 17.9 Å². The minimum atomic E-state index is 0.118. The van der Waals surface area contributed by atoms with E-state index in [1.54, 1.807) is 13.8 Å². The molecule has 2 aliphatic carbocycles. The van der Waals surface area contributed by atoms with Crippen LogP contribution in [0.5, 0.6) is 0 Å². The number of amides is 1. The Bertz CT molecular complexity index is 875. The molecule has 2 saturated carbocycles. The van der Waals surface area contributed by atoms with Crippen LogP contribution in [-0.2, 0) is 9.59 Å². The third-order valence-corrected chi connectivity index (χ3v) is 9.25. The summed E-state index contributed by atoms with van der Waals surface area (Å²) in [5, 5.41) is 0. The van der Waals surface area contributed by atoms with Crippen LogP contribution in [0.25, 0.3) is 0 Å². The fourth-order valence-corrected chi connectivity index (χ4v) is 8.17. The van der Waals surface area contributed by atoms with Gasteiger partial charge in [0.25, 0.3) is 0 Å². The van der Waals surface area contributed by atoms with Crippen LogP contribution in [-0.4, -0.2) is 54.4 Å². The van der Waals surface area contributed by atoms with Gasteiger partial charge in [-0.1, -0.05) is 37.8 Å². The second kappa shape index (κ2) is 10.0. The first-order chi connectivity index (χ1) is 16.4. The molecule has 34 heavy (non-hydrogen) atoms. The Morgan fingerprint density at radius 3 is 2.00 bits per heavy atom. The van der Waals surface area contributed by atoms with E-state index in [0.717, 1.165) is 42.1 Å². The van der Waals surface area contributed by atoms with Crippen molar-refractivity contribution in [3.63, 3.8) is 0 Å². The van der Waals surface area contributed by atoms with E-state index in [9.17, 15) is 9.59 Å². The zero-order valence-corrected chi connectivity index (χ0v) is 21.4. The SMILES string of the molecule is CC(=O)CN(C)c1ccccc1N(C(C)=O)C1CC2CCCC(C1)N2C1CC2CCCC(C2)C1. The molecule has 2 heterocycles. The second-order valence-corrected chi connectivity index (χ2v) is 11.8. The van der Waals surface area contributed by atoms with Gasteiger partial charge in [-0.05, 0) is 75.8 Å². The Balaban J connectivity index is 1.38. The number of rotatable bonds is 6. The Morgan fingerprint density at radius 2 is 1.41 bits per heavy atom. The number of anilines is 2. The number of piperidine rings is 2. The Morgan fingerprint density at radius 1 is 0.824 bits per heavy atom. The monoisotopic (exact) mass is 465 g/mol. The standard InChI is InChI=1S/C29H43N3O2/c1-20(33)19-30(3)28-12-4-5-13-29(28)31(21(2)34)27-17-24-10-7-11-25(18-27)32(24)26-15-22-8-6-9-23(14-22)16-26/h4-5,12-13,22-27H,6-11,14-19H2,1-3H3. The lowest BCUT2D eigenvalue weighted by molar-refractivity contribution is -0.118. The molecule has 1 aromatic rings. The van der Waals surface area contributed by atoms with E-state index >= 15 is 0 Å². The predicted molar refractivity (Wildman–Crippen MR) is 138 cm³/mol. The van der Waals surface area contributed by atoms with E-state index in [-0.39, 0.29) is 17.7 Å². The highest BCUT2D eigenvalue weighted by Gasteiger charge is 2.46. The van der Waals surface area contributed by atoms with Gasteiger partial charge in [0.1, 0.15) is 5.78 Å². The molecule has 2 saturated heterocycles. The number of ketones is 1. The maximum Gasteiger partial charge on any atom is 0.224 e. The Hall–Kier alpha value is -1.88. The van der Waals surface area contributed by atoms with E-state index in [0.29, 0.717) is 18.6 Å². The number of hydrogen-bond acceptors (Lipinski definition) is 4. The van der Waals surface area contributed by atoms with Crippen LogP contribution in [0.15, 0.2) is 24.3 Å².